The summed E-state index contributed by atoms with van der Waals surface area (Å²) in [5, 5.41) is 1.83. The van der Waals surface area contributed by atoms with Crippen molar-refractivity contribution in [3.8, 4) is 5.75 Å². The van der Waals surface area contributed by atoms with Crippen LogP contribution >= 0.6 is 11.6 Å². The molecule has 2 rings (SSSR count). The maximum atomic E-state index is 13.0. The highest BCUT2D eigenvalue weighted by molar-refractivity contribution is 7.92. The quantitative estimate of drug-likeness (QED) is 0.768. The molecule has 0 aliphatic carbocycles. The Bertz CT molecular complexity index is 1010. The summed E-state index contributed by atoms with van der Waals surface area (Å²) in [6.07, 6.45) is -3.70. The molecule has 0 unspecified atom stereocenters. The van der Waals surface area contributed by atoms with E-state index in [2.05, 4.69) is 5.32 Å². The molecule has 152 valence electrons. The predicted octanol–water partition coefficient (Wildman–Crippen LogP) is 4.02. The first-order valence-electron chi connectivity index (χ1n) is 7.64. The van der Waals surface area contributed by atoms with Crippen LogP contribution in [-0.2, 0) is 16.2 Å². The summed E-state index contributed by atoms with van der Waals surface area (Å²) in [6, 6.07) is 7.02. The number of hydrogen-bond donors (Lipinski definition) is 1. The lowest BCUT2D eigenvalue weighted by molar-refractivity contribution is -0.137. The average Bonchev–Trinajstić information content (AvgIpc) is 2.60. The standard InChI is InChI=1S/C17H16ClF3N2O4S/c1-23(28(3,25)26)11-5-7-15(27-2)12(9-11)16(24)22-10-4-6-14(18)13(8-10)17(19,20)21/h4-9H,1-3H3,(H,22,24). The predicted molar refractivity (Wildman–Crippen MR) is 101 cm³/mol. The van der Waals surface area contributed by atoms with Gasteiger partial charge in [-0.15, -0.1) is 0 Å². The van der Waals surface area contributed by atoms with Gasteiger partial charge >= 0.3 is 6.18 Å². The number of hydrogen-bond acceptors (Lipinski definition) is 4. The summed E-state index contributed by atoms with van der Waals surface area (Å²) in [4.78, 5) is 12.6. The number of ether oxygens (including phenoxy) is 1. The van der Waals surface area contributed by atoms with E-state index in [1.807, 2.05) is 0 Å². The lowest BCUT2D eigenvalue weighted by Crippen LogP contribution is -2.25. The van der Waals surface area contributed by atoms with Crippen LogP contribution in [0.4, 0.5) is 24.5 Å². The summed E-state index contributed by atoms with van der Waals surface area (Å²) < 4.78 is 68.4. The van der Waals surface area contributed by atoms with Crippen molar-refractivity contribution in [1.29, 1.82) is 0 Å². The zero-order chi connectivity index (χ0) is 21.3. The molecule has 0 spiro atoms. The van der Waals surface area contributed by atoms with Crippen LogP contribution in [0.2, 0.25) is 5.02 Å². The van der Waals surface area contributed by atoms with E-state index in [-0.39, 0.29) is 22.7 Å². The molecule has 0 saturated carbocycles. The van der Waals surface area contributed by atoms with Crippen LogP contribution in [-0.4, -0.2) is 34.7 Å². The van der Waals surface area contributed by atoms with Crippen LogP contribution in [0.15, 0.2) is 36.4 Å². The van der Waals surface area contributed by atoms with Gasteiger partial charge in [0.15, 0.2) is 0 Å². The highest BCUT2D eigenvalue weighted by Crippen LogP contribution is 2.36. The van der Waals surface area contributed by atoms with Crippen LogP contribution in [0.5, 0.6) is 5.75 Å². The third-order valence-corrected chi connectivity index (χ3v) is 5.35. The molecule has 11 heteroatoms. The molecule has 0 saturated heterocycles. The number of halogens is 4. The minimum Gasteiger partial charge on any atom is -0.496 e. The third-order valence-electron chi connectivity index (χ3n) is 3.82. The SMILES string of the molecule is COc1ccc(N(C)S(C)(=O)=O)cc1C(=O)Nc1ccc(Cl)c(C(F)(F)F)c1. The maximum Gasteiger partial charge on any atom is 0.417 e. The second-order valence-electron chi connectivity index (χ2n) is 5.76. The van der Waals surface area contributed by atoms with Crippen molar-refractivity contribution in [1.82, 2.24) is 0 Å². The van der Waals surface area contributed by atoms with Crippen LogP contribution in [0.3, 0.4) is 0 Å². The van der Waals surface area contributed by atoms with Crippen molar-refractivity contribution >= 4 is 38.9 Å². The Hall–Kier alpha value is -2.46. The Kier molecular flexibility index (Phi) is 6.15. The minimum absolute atomic E-state index is 0.0565. The number of benzene rings is 2. The first kappa shape index (κ1) is 21.8. The Morgan fingerprint density at radius 2 is 1.82 bits per heavy atom. The Balaban J connectivity index is 2.41. The molecule has 2 aromatic carbocycles. The molecule has 0 heterocycles. The van der Waals surface area contributed by atoms with Gasteiger partial charge in [0.1, 0.15) is 5.75 Å². The van der Waals surface area contributed by atoms with Crippen molar-refractivity contribution in [2.75, 3.05) is 30.0 Å². The zero-order valence-corrected chi connectivity index (χ0v) is 16.5. The zero-order valence-electron chi connectivity index (χ0n) is 15.0. The Morgan fingerprint density at radius 3 is 2.36 bits per heavy atom. The first-order chi connectivity index (χ1) is 12.8. The van der Waals surface area contributed by atoms with E-state index in [4.69, 9.17) is 16.3 Å². The van der Waals surface area contributed by atoms with E-state index in [1.54, 1.807) is 0 Å². The molecule has 0 aromatic heterocycles. The molecule has 6 nitrogen and oxygen atoms in total. The van der Waals surface area contributed by atoms with E-state index in [0.29, 0.717) is 6.07 Å². The number of carbonyl (C=O) groups excluding carboxylic acids is 1. The van der Waals surface area contributed by atoms with Crippen molar-refractivity contribution in [3.05, 3.63) is 52.5 Å². The van der Waals surface area contributed by atoms with E-state index < -0.39 is 32.7 Å². The number of sulfonamides is 1. The second kappa shape index (κ2) is 7.88. The third kappa shape index (κ3) is 4.87. The lowest BCUT2D eigenvalue weighted by atomic mass is 10.1. The van der Waals surface area contributed by atoms with E-state index in [0.717, 1.165) is 16.6 Å². The van der Waals surface area contributed by atoms with Gasteiger partial charge in [0, 0.05) is 12.7 Å². The second-order valence-corrected chi connectivity index (χ2v) is 8.18. The maximum absolute atomic E-state index is 13.0. The van der Waals surface area contributed by atoms with E-state index >= 15 is 0 Å². The number of alkyl halides is 3. The minimum atomic E-state index is -4.69. The van der Waals surface area contributed by atoms with E-state index in [1.165, 1.54) is 38.4 Å². The highest BCUT2D eigenvalue weighted by Gasteiger charge is 2.33. The molecule has 1 amide bonds. The normalized spacial score (nSPS) is 11.8. The number of anilines is 2. The van der Waals surface area contributed by atoms with Gasteiger partial charge < -0.3 is 10.1 Å². The number of nitrogens with zero attached hydrogens (tertiary/aromatic N) is 1. The van der Waals surface area contributed by atoms with Gasteiger partial charge in [0.2, 0.25) is 10.0 Å². The van der Waals surface area contributed by atoms with Gasteiger partial charge in [0.05, 0.1) is 35.2 Å². The molecule has 0 fully saturated rings. The van der Waals surface area contributed by atoms with Gasteiger partial charge in [-0.2, -0.15) is 13.2 Å². The number of rotatable bonds is 5. The summed E-state index contributed by atoms with van der Waals surface area (Å²) in [7, 11) is -0.981. The van der Waals surface area contributed by atoms with Crippen molar-refractivity contribution in [3.63, 3.8) is 0 Å². The fourth-order valence-corrected chi connectivity index (χ4v) is 3.00. The van der Waals surface area contributed by atoms with Crippen LogP contribution in [0.25, 0.3) is 0 Å². The van der Waals surface area contributed by atoms with Crippen LogP contribution < -0.4 is 14.4 Å². The van der Waals surface area contributed by atoms with Gasteiger partial charge in [-0.3, -0.25) is 9.10 Å². The summed E-state index contributed by atoms with van der Waals surface area (Å²) in [5.41, 5.74) is -1.10. The first-order valence-corrected chi connectivity index (χ1v) is 9.87. The molecule has 28 heavy (non-hydrogen) atoms. The molecule has 0 atom stereocenters. The van der Waals surface area contributed by atoms with Gasteiger partial charge in [-0.05, 0) is 36.4 Å². The molecular formula is C17H16ClF3N2O4S. The number of nitrogens with one attached hydrogen (secondary N) is 1. The van der Waals surface area contributed by atoms with Gasteiger partial charge in [0.25, 0.3) is 5.91 Å². The molecular weight excluding hydrogens is 421 g/mol. The van der Waals surface area contributed by atoms with Crippen molar-refractivity contribution in [2.45, 2.75) is 6.18 Å². The molecule has 1 N–H and O–H groups in total. The molecule has 0 aliphatic heterocycles. The van der Waals surface area contributed by atoms with Gasteiger partial charge in [-0.25, -0.2) is 8.42 Å². The van der Waals surface area contributed by atoms with Crippen molar-refractivity contribution < 1.29 is 31.1 Å². The fraction of sp³-hybridized carbons (Fsp3) is 0.235. The average molecular weight is 437 g/mol. The largest absolute Gasteiger partial charge is 0.496 e. The Labute approximate surface area is 164 Å². The number of methoxy groups -OCH3 is 1. The molecule has 2 aromatic rings. The molecule has 0 radical (unpaired) electrons. The van der Waals surface area contributed by atoms with Crippen molar-refractivity contribution in [2.24, 2.45) is 0 Å². The highest BCUT2D eigenvalue weighted by atomic mass is 35.5. The summed E-state index contributed by atoms with van der Waals surface area (Å²) in [6.45, 7) is 0. The molecule has 0 bridgehead atoms. The smallest absolute Gasteiger partial charge is 0.417 e. The summed E-state index contributed by atoms with van der Waals surface area (Å²) >= 11 is 5.57. The summed E-state index contributed by atoms with van der Waals surface area (Å²) in [5.74, 6) is -0.663. The monoisotopic (exact) mass is 436 g/mol. The van der Waals surface area contributed by atoms with Gasteiger partial charge in [-0.1, -0.05) is 11.6 Å². The molecule has 0 aliphatic rings. The lowest BCUT2D eigenvalue weighted by Gasteiger charge is -2.19. The topological polar surface area (TPSA) is 75.7 Å². The number of carbonyl (C=O) groups is 1. The Morgan fingerprint density at radius 1 is 1.18 bits per heavy atom. The van der Waals surface area contributed by atoms with Crippen LogP contribution in [0.1, 0.15) is 15.9 Å². The fourth-order valence-electron chi connectivity index (χ4n) is 2.28. The number of amides is 1. The van der Waals surface area contributed by atoms with E-state index in [9.17, 15) is 26.4 Å². The van der Waals surface area contributed by atoms with Crippen LogP contribution in [0, 0.1) is 0 Å².